The molecule has 0 aromatic heterocycles. The van der Waals surface area contributed by atoms with Crippen LogP contribution in [0.2, 0.25) is 0 Å². The van der Waals surface area contributed by atoms with E-state index in [9.17, 15) is 4.79 Å². The largest absolute Gasteiger partial charge is 0.478 e. The van der Waals surface area contributed by atoms with Crippen LogP contribution in [0, 0.1) is 11.3 Å². The normalized spacial score (nSPS) is 15.9. The summed E-state index contributed by atoms with van der Waals surface area (Å²) in [5.74, 6) is 0.476. The first-order valence-electron chi connectivity index (χ1n) is 9.25. The van der Waals surface area contributed by atoms with E-state index in [2.05, 4.69) is 23.8 Å². The number of nitrogens with one attached hydrogen (secondary N) is 1. The predicted molar refractivity (Wildman–Crippen MR) is 118 cm³/mol. The molecule has 1 aliphatic heterocycles. The molecule has 1 aliphatic rings. The molecule has 0 atom stereocenters. The Balaban J connectivity index is 1.80. The van der Waals surface area contributed by atoms with Crippen molar-refractivity contribution in [3.63, 3.8) is 0 Å². The second-order valence-corrected chi connectivity index (χ2v) is 7.34. The number of amidine groups is 1. The Morgan fingerprint density at radius 1 is 1.28 bits per heavy atom. The highest BCUT2D eigenvalue weighted by Crippen LogP contribution is 2.29. The Bertz CT molecular complexity index is 1020. The highest BCUT2D eigenvalue weighted by atomic mass is 32.2. The van der Waals surface area contributed by atoms with E-state index in [1.165, 1.54) is 17.3 Å². The Labute approximate surface area is 174 Å². The molecular formula is C23H21N3O2S. The molecule has 1 heterocycles. The molecule has 29 heavy (non-hydrogen) atoms. The number of hydrogen-bond donors (Lipinski definition) is 1. The summed E-state index contributed by atoms with van der Waals surface area (Å²) in [6, 6.07) is 15.5. The quantitative estimate of drug-likeness (QED) is 0.534. The Morgan fingerprint density at radius 2 is 2.07 bits per heavy atom. The van der Waals surface area contributed by atoms with Crippen LogP contribution < -0.4 is 10.1 Å². The number of rotatable bonds is 7. The number of carbonyl (C=O) groups is 1. The number of thioether (sulfide) groups is 1. The number of aliphatic imine (C=N–C) groups is 1. The molecule has 1 N–H and O–H groups in total. The van der Waals surface area contributed by atoms with Crippen LogP contribution in [-0.2, 0) is 17.6 Å². The smallest absolute Gasteiger partial charge is 0.264 e. The van der Waals surface area contributed by atoms with Crippen LogP contribution in [0.1, 0.15) is 23.6 Å². The molecule has 0 radical (unpaired) electrons. The van der Waals surface area contributed by atoms with Crippen molar-refractivity contribution in [2.24, 2.45) is 4.99 Å². The molecule has 1 saturated heterocycles. The number of amides is 1. The van der Waals surface area contributed by atoms with Gasteiger partial charge in [0.05, 0.1) is 10.6 Å². The average Bonchev–Trinajstić information content (AvgIpc) is 3.07. The summed E-state index contributed by atoms with van der Waals surface area (Å²) in [6.07, 6.45) is 5.18. The first kappa shape index (κ1) is 20.4. The lowest BCUT2D eigenvalue weighted by atomic mass is 10.1. The zero-order valence-corrected chi connectivity index (χ0v) is 17.0. The zero-order chi connectivity index (χ0) is 20.6. The van der Waals surface area contributed by atoms with E-state index in [1.54, 1.807) is 6.08 Å². The second kappa shape index (κ2) is 9.76. The number of nitrogens with zero attached hydrogens (tertiary/aromatic N) is 2. The van der Waals surface area contributed by atoms with Gasteiger partial charge in [0.1, 0.15) is 11.8 Å². The van der Waals surface area contributed by atoms with E-state index < -0.39 is 0 Å². The molecule has 0 spiro atoms. The molecule has 0 saturated carbocycles. The van der Waals surface area contributed by atoms with Gasteiger partial charge in [-0.25, -0.2) is 4.99 Å². The maximum absolute atomic E-state index is 12.3. The average molecular weight is 404 g/mol. The van der Waals surface area contributed by atoms with Crippen LogP contribution in [0.15, 0.2) is 65.0 Å². The third kappa shape index (κ3) is 5.37. The SMILES string of the molecule is C=CCc1cc(/C=C2\SC(=Nc3ccc(CC)cc3)NC2=O)ccc1OCC#N. The molecule has 0 bridgehead atoms. The number of carbonyl (C=O) groups excluding carboxylic acids is 1. The number of benzene rings is 2. The summed E-state index contributed by atoms with van der Waals surface area (Å²) in [6.45, 7) is 5.86. The van der Waals surface area contributed by atoms with Crippen LogP contribution in [0.25, 0.3) is 6.08 Å². The van der Waals surface area contributed by atoms with Gasteiger partial charge < -0.3 is 10.1 Å². The second-order valence-electron chi connectivity index (χ2n) is 6.31. The molecule has 146 valence electrons. The van der Waals surface area contributed by atoms with Gasteiger partial charge >= 0.3 is 0 Å². The molecule has 1 fully saturated rings. The predicted octanol–water partition coefficient (Wildman–Crippen LogP) is 4.77. The summed E-state index contributed by atoms with van der Waals surface area (Å²) in [5, 5.41) is 12.1. The topological polar surface area (TPSA) is 74.5 Å². The lowest BCUT2D eigenvalue weighted by Gasteiger charge is -2.09. The number of aryl methyl sites for hydroxylation is 1. The minimum atomic E-state index is -0.172. The number of allylic oxidation sites excluding steroid dienone is 1. The maximum Gasteiger partial charge on any atom is 0.264 e. The van der Waals surface area contributed by atoms with Crippen molar-refractivity contribution in [3.8, 4) is 11.8 Å². The fraction of sp³-hybridized carbons (Fsp3) is 0.174. The minimum Gasteiger partial charge on any atom is -0.478 e. The van der Waals surface area contributed by atoms with Gasteiger partial charge in [-0.15, -0.1) is 6.58 Å². The standard InChI is InChI=1S/C23H21N3O2S/c1-3-5-18-14-17(8-11-20(18)28-13-12-24)15-21-22(27)26-23(29-21)25-19-9-6-16(4-2)7-10-19/h3,6-11,14-15H,1,4-5,13H2,2H3,(H,25,26,27)/b21-15-. The Morgan fingerprint density at radius 3 is 2.76 bits per heavy atom. The van der Waals surface area contributed by atoms with Crippen LogP contribution >= 0.6 is 11.8 Å². The van der Waals surface area contributed by atoms with Gasteiger partial charge in [-0.3, -0.25) is 4.79 Å². The fourth-order valence-electron chi connectivity index (χ4n) is 2.81. The summed E-state index contributed by atoms with van der Waals surface area (Å²) in [5.41, 5.74) is 3.84. The lowest BCUT2D eigenvalue weighted by molar-refractivity contribution is -0.115. The van der Waals surface area contributed by atoms with Crippen molar-refractivity contribution in [2.75, 3.05) is 6.61 Å². The van der Waals surface area contributed by atoms with Crippen molar-refractivity contribution in [1.82, 2.24) is 5.32 Å². The first-order chi connectivity index (χ1) is 14.1. The Kier molecular flexibility index (Phi) is 6.88. The van der Waals surface area contributed by atoms with E-state index >= 15 is 0 Å². The van der Waals surface area contributed by atoms with Crippen molar-refractivity contribution in [1.29, 1.82) is 5.26 Å². The van der Waals surface area contributed by atoms with Gasteiger partial charge in [0, 0.05) is 0 Å². The zero-order valence-electron chi connectivity index (χ0n) is 16.1. The van der Waals surface area contributed by atoms with E-state index in [1.807, 2.05) is 54.6 Å². The third-order valence-corrected chi connectivity index (χ3v) is 5.17. The van der Waals surface area contributed by atoms with Gasteiger partial charge in [0.15, 0.2) is 11.8 Å². The van der Waals surface area contributed by atoms with E-state index in [0.29, 0.717) is 22.2 Å². The highest BCUT2D eigenvalue weighted by Gasteiger charge is 2.23. The van der Waals surface area contributed by atoms with Crippen LogP contribution in [0.4, 0.5) is 5.69 Å². The van der Waals surface area contributed by atoms with E-state index in [4.69, 9.17) is 10.00 Å². The first-order valence-corrected chi connectivity index (χ1v) is 10.1. The van der Waals surface area contributed by atoms with Gasteiger partial charge in [-0.05, 0) is 71.6 Å². The van der Waals surface area contributed by atoms with Crippen molar-refractivity contribution in [3.05, 3.63) is 76.7 Å². The van der Waals surface area contributed by atoms with Gasteiger partial charge in [-0.2, -0.15) is 5.26 Å². The van der Waals surface area contributed by atoms with Crippen molar-refractivity contribution >= 4 is 34.6 Å². The van der Waals surface area contributed by atoms with Gasteiger partial charge in [0.25, 0.3) is 5.91 Å². The molecule has 1 amide bonds. The van der Waals surface area contributed by atoms with Gasteiger partial charge in [-0.1, -0.05) is 31.2 Å². The van der Waals surface area contributed by atoms with E-state index in [0.717, 1.165) is 23.2 Å². The number of hydrogen-bond acceptors (Lipinski definition) is 5. The number of ether oxygens (including phenoxy) is 1. The number of nitriles is 1. The van der Waals surface area contributed by atoms with Crippen LogP contribution in [0.5, 0.6) is 5.75 Å². The molecule has 6 heteroatoms. The molecule has 0 aliphatic carbocycles. The molecule has 0 unspecified atom stereocenters. The third-order valence-electron chi connectivity index (χ3n) is 4.26. The van der Waals surface area contributed by atoms with Crippen molar-refractivity contribution in [2.45, 2.75) is 19.8 Å². The summed E-state index contributed by atoms with van der Waals surface area (Å²) < 4.78 is 5.45. The van der Waals surface area contributed by atoms with E-state index in [-0.39, 0.29) is 12.5 Å². The summed E-state index contributed by atoms with van der Waals surface area (Å²) in [7, 11) is 0. The van der Waals surface area contributed by atoms with Gasteiger partial charge in [0.2, 0.25) is 0 Å². The summed E-state index contributed by atoms with van der Waals surface area (Å²) >= 11 is 1.31. The van der Waals surface area contributed by atoms with Crippen LogP contribution in [-0.4, -0.2) is 17.7 Å². The lowest BCUT2D eigenvalue weighted by Crippen LogP contribution is -2.19. The fourth-order valence-corrected chi connectivity index (χ4v) is 3.65. The summed E-state index contributed by atoms with van der Waals surface area (Å²) in [4.78, 5) is 17.4. The maximum atomic E-state index is 12.3. The molecule has 5 nitrogen and oxygen atoms in total. The highest BCUT2D eigenvalue weighted by molar-refractivity contribution is 8.18. The molecule has 2 aromatic carbocycles. The molecular weight excluding hydrogens is 382 g/mol. The molecule has 3 rings (SSSR count). The molecule has 2 aromatic rings. The minimum absolute atomic E-state index is 0.0120. The van der Waals surface area contributed by atoms with Crippen LogP contribution in [0.3, 0.4) is 0 Å². The Hall–Kier alpha value is -3.30. The van der Waals surface area contributed by atoms with Crippen molar-refractivity contribution < 1.29 is 9.53 Å². The monoisotopic (exact) mass is 403 g/mol.